The number of piperazine rings is 1. The Labute approximate surface area is 127 Å². The van der Waals surface area contributed by atoms with Gasteiger partial charge in [0.2, 0.25) is 5.91 Å². The number of hydrogen-bond donors (Lipinski definition) is 0. The Kier molecular flexibility index (Phi) is 6.40. The highest BCUT2D eigenvalue weighted by atomic mass is 16.2. The van der Waals surface area contributed by atoms with Crippen LogP contribution in [0.5, 0.6) is 0 Å². The third kappa shape index (κ3) is 4.31. The SMILES string of the molecule is C.CCCc1ccc(C(=O)N2CCN(C(C)=O)CC2)cc1. The molecule has 0 aromatic heterocycles. The van der Waals surface area contributed by atoms with Gasteiger partial charge >= 0.3 is 0 Å². The average molecular weight is 290 g/mol. The second-order valence-corrected chi connectivity index (χ2v) is 5.25. The smallest absolute Gasteiger partial charge is 0.253 e. The Morgan fingerprint density at radius 1 is 1.00 bits per heavy atom. The standard InChI is InChI=1S/C16H22N2O2.CH4/c1-3-4-14-5-7-15(8-6-14)16(20)18-11-9-17(10-12-18)13(2)19;/h5-8H,3-4,9-12H2,1-2H3;1H4. The van der Waals surface area contributed by atoms with E-state index in [1.807, 2.05) is 29.2 Å². The fraction of sp³-hybridized carbons (Fsp3) is 0.529. The molecule has 0 spiro atoms. The third-order valence-corrected chi connectivity index (χ3v) is 3.75. The van der Waals surface area contributed by atoms with Crippen LogP contribution in [0.4, 0.5) is 0 Å². The predicted molar refractivity (Wildman–Crippen MR) is 85.3 cm³/mol. The summed E-state index contributed by atoms with van der Waals surface area (Å²) in [6.45, 7) is 6.23. The van der Waals surface area contributed by atoms with Gasteiger partial charge in [-0.05, 0) is 24.1 Å². The van der Waals surface area contributed by atoms with Crippen molar-refractivity contribution >= 4 is 11.8 Å². The van der Waals surface area contributed by atoms with E-state index in [-0.39, 0.29) is 19.2 Å². The van der Waals surface area contributed by atoms with Gasteiger partial charge in [-0.2, -0.15) is 0 Å². The van der Waals surface area contributed by atoms with E-state index in [0.29, 0.717) is 26.2 Å². The minimum absolute atomic E-state index is 0. The molecule has 0 unspecified atom stereocenters. The summed E-state index contributed by atoms with van der Waals surface area (Å²) >= 11 is 0. The van der Waals surface area contributed by atoms with Gasteiger partial charge in [-0.1, -0.05) is 32.9 Å². The molecule has 21 heavy (non-hydrogen) atoms. The molecular formula is C17H26N2O2. The van der Waals surface area contributed by atoms with Gasteiger partial charge in [0.1, 0.15) is 0 Å². The fourth-order valence-electron chi connectivity index (χ4n) is 2.51. The summed E-state index contributed by atoms with van der Waals surface area (Å²) in [5.41, 5.74) is 2.01. The molecule has 2 rings (SSSR count). The first-order valence-electron chi connectivity index (χ1n) is 7.25. The first-order chi connectivity index (χ1) is 9.61. The van der Waals surface area contributed by atoms with E-state index in [4.69, 9.17) is 0 Å². The maximum Gasteiger partial charge on any atom is 0.253 e. The fourth-order valence-corrected chi connectivity index (χ4v) is 2.51. The molecule has 0 saturated carbocycles. The van der Waals surface area contributed by atoms with Crippen molar-refractivity contribution in [2.45, 2.75) is 34.1 Å². The van der Waals surface area contributed by atoms with Gasteiger partial charge in [0.15, 0.2) is 0 Å². The van der Waals surface area contributed by atoms with Gasteiger partial charge in [-0.25, -0.2) is 0 Å². The van der Waals surface area contributed by atoms with Crippen molar-refractivity contribution < 1.29 is 9.59 Å². The third-order valence-electron chi connectivity index (χ3n) is 3.75. The van der Waals surface area contributed by atoms with Gasteiger partial charge in [0, 0.05) is 38.7 Å². The van der Waals surface area contributed by atoms with Crippen molar-refractivity contribution in [3.05, 3.63) is 35.4 Å². The van der Waals surface area contributed by atoms with Crippen LogP contribution in [0.15, 0.2) is 24.3 Å². The Morgan fingerprint density at radius 2 is 1.52 bits per heavy atom. The van der Waals surface area contributed by atoms with Crippen molar-refractivity contribution in [2.24, 2.45) is 0 Å². The first-order valence-corrected chi connectivity index (χ1v) is 7.25. The summed E-state index contributed by atoms with van der Waals surface area (Å²) < 4.78 is 0. The normalized spacial score (nSPS) is 14.6. The molecule has 1 fully saturated rings. The zero-order valence-corrected chi connectivity index (χ0v) is 12.3. The molecule has 0 N–H and O–H groups in total. The number of benzene rings is 1. The lowest BCUT2D eigenvalue weighted by molar-refractivity contribution is -0.130. The van der Waals surface area contributed by atoms with Gasteiger partial charge in [-0.3, -0.25) is 9.59 Å². The molecule has 116 valence electrons. The number of amides is 2. The molecule has 0 bridgehead atoms. The lowest BCUT2D eigenvalue weighted by atomic mass is 10.1. The van der Waals surface area contributed by atoms with E-state index in [1.165, 1.54) is 5.56 Å². The summed E-state index contributed by atoms with van der Waals surface area (Å²) in [5.74, 6) is 0.150. The molecule has 1 aromatic rings. The molecule has 2 amide bonds. The van der Waals surface area contributed by atoms with E-state index >= 15 is 0 Å². The summed E-state index contributed by atoms with van der Waals surface area (Å²) in [6.07, 6.45) is 2.16. The Hall–Kier alpha value is -1.84. The predicted octanol–water partition coefficient (Wildman–Crippen LogP) is 2.58. The number of carbonyl (C=O) groups is 2. The Balaban J connectivity index is 0.00000220. The second kappa shape index (κ2) is 7.81. The zero-order valence-electron chi connectivity index (χ0n) is 12.3. The van der Waals surface area contributed by atoms with Crippen molar-refractivity contribution in [1.29, 1.82) is 0 Å². The first kappa shape index (κ1) is 17.2. The number of nitrogens with zero attached hydrogens (tertiary/aromatic N) is 2. The summed E-state index contributed by atoms with van der Waals surface area (Å²) in [4.78, 5) is 27.2. The highest BCUT2D eigenvalue weighted by molar-refractivity contribution is 5.94. The maximum absolute atomic E-state index is 12.4. The topological polar surface area (TPSA) is 40.6 Å². The van der Waals surface area contributed by atoms with Crippen LogP contribution in [-0.2, 0) is 11.2 Å². The van der Waals surface area contributed by atoms with Crippen molar-refractivity contribution in [2.75, 3.05) is 26.2 Å². The number of carbonyl (C=O) groups excluding carboxylic acids is 2. The molecule has 4 heteroatoms. The highest BCUT2D eigenvalue weighted by Crippen LogP contribution is 2.11. The number of rotatable bonds is 3. The number of hydrogen-bond acceptors (Lipinski definition) is 2. The van der Waals surface area contributed by atoms with E-state index in [2.05, 4.69) is 6.92 Å². The highest BCUT2D eigenvalue weighted by Gasteiger charge is 2.22. The molecule has 0 atom stereocenters. The zero-order chi connectivity index (χ0) is 14.5. The van der Waals surface area contributed by atoms with Crippen LogP contribution in [0.2, 0.25) is 0 Å². The van der Waals surface area contributed by atoms with Crippen LogP contribution in [-0.4, -0.2) is 47.8 Å². The monoisotopic (exact) mass is 290 g/mol. The minimum atomic E-state index is 0. The molecule has 0 radical (unpaired) electrons. The van der Waals surface area contributed by atoms with Gasteiger partial charge in [0.25, 0.3) is 5.91 Å². The average Bonchev–Trinajstić information content (AvgIpc) is 2.48. The van der Waals surface area contributed by atoms with Gasteiger partial charge in [0.05, 0.1) is 0 Å². The molecule has 1 aliphatic heterocycles. The molecule has 4 nitrogen and oxygen atoms in total. The molecule has 0 aliphatic carbocycles. The number of aryl methyl sites for hydroxylation is 1. The van der Waals surface area contributed by atoms with Crippen LogP contribution in [0.1, 0.15) is 43.6 Å². The van der Waals surface area contributed by atoms with Gasteiger partial charge < -0.3 is 9.80 Å². The van der Waals surface area contributed by atoms with E-state index < -0.39 is 0 Å². The Morgan fingerprint density at radius 3 is 2.00 bits per heavy atom. The largest absolute Gasteiger partial charge is 0.339 e. The molecule has 1 aromatic carbocycles. The summed E-state index contributed by atoms with van der Waals surface area (Å²) in [6, 6.07) is 7.88. The van der Waals surface area contributed by atoms with E-state index in [1.54, 1.807) is 11.8 Å². The summed E-state index contributed by atoms with van der Waals surface area (Å²) in [5, 5.41) is 0. The molecule has 1 aliphatic rings. The molecule has 1 saturated heterocycles. The Bertz CT molecular complexity index is 474. The van der Waals surface area contributed by atoms with Crippen LogP contribution in [0.25, 0.3) is 0 Å². The van der Waals surface area contributed by atoms with Crippen LogP contribution < -0.4 is 0 Å². The lowest BCUT2D eigenvalue weighted by Gasteiger charge is -2.34. The van der Waals surface area contributed by atoms with Crippen molar-refractivity contribution in [1.82, 2.24) is 9.80 Å². The van der Waals surface area contributed by atoms with Crippen LogP contribution in [0, 0.1) is 0 Å². The molecular weight excluding hydrogens is 264 g/mol. The van der Waals surface area contributed by atoms with Crippen molar-refractivity contribution in [3.8, 4) is 0 Å². The minimum Gasteiger partial charge on any atom is -0.339 e. The van der Waals surface area contributed by atoms with Crippen LogP contribution >= 0.6 is 0 Å². The molecule has 1 heterocycles. The maximum atomic E-state index is 12.4. The van der Waals surface area contributed by atoms with Crippen molar-refractivity contribution in [3.63, 3.8) is 0 Å². The second-order valence-electron chi connectivity index (χ2n) is 5.25. The quantitative estimate of drug-likeness (QED) is 0.858. The summed E-state index contributed by atoms with van der Waals surface area (Å²) in [7, 11) is 0. The van der Waals surface area contributed by atoms with Gasteiger partial charge in [-0.15, -0.1) is 0 Å². The lowest BCUT2D eigenvalue weighted by Crippen LogP contribution is -2.50. The van der Waals surface area contributed by atoms with E-state index in [9.17, 15) is 9.59 Å². The van der Waals surface area contributed by atoms with E-state index in [0.717, 1.165) is 18.4 Å². The van der Waals surface area contributed by atoms with Crippen LogP contribution in [0.3, 0.4) is 0 Å².